The van der Waals surface area contributed by atoms with Crippen LogP contribution in [0.1, 0.15) is 15.4 Å². The number of aliphatic hydroxyl groups is 1. The van der Waals surface area contributed by atoms with Crippen molar-refractivity contribution in [3.8, 4) is 0 Å². The van der Waals surface area contributed by atoms with Crippen LogP contribution in [0.3, 0.4) is 0 Å². The molecule has 1 aromatic heterocycles. The molecule has 0 fully saturated rings. The summed E-state index contributed by atoms with van der Waals surface area (Å²) >= 11 is 6.76. The molecule has 1 aromatic rings. The Bertz CT molecular complexity index is 313. The number of hydrogen-bond acceptors (Lipinski definition) is 4. The van der Waals surface area contributed by atoms with Gasteiger partial charge in [-0.1, -0.05) is 22.9 Å². The lowest BCUT2D eigenvalue weighted by Gasteiger charge is -1.99. The molecule has 0 radical (unpaired) electrons. The number of nitrogens with one attached hydrogen (secondary N) is 1. The molecule has 0 saturated carbocycles. The van der Waals surface area contributed by atoms with E-state index in [0.29, 0.717) is 15.0 Å². The average molecular weight is 221 g/mol. The zero-order chi connectivity index (χ0) is 9.84. The highest BCUT2D eigenvalue weighted by Crippen LogP contribution is 2.21. The molecule has 1 rings (SSSR count). The number of halogens is 1. The largest absolute Gasteiger partial charge is 0.395 e. The minimum absolute atomic E-state index is 0.0721. The van der Waals surface area contributed by atoms with E-state index in [1.807, 2.05) is 0 Å². The van der Waals surface area contributed by atoms with E-state index in [1.165, 1.54) is 0 Å². The van der Waals surface area contributed by atoms with Gasteiger partial charge in [-0.2, -0.15) is 0 Å². The number of aliphatic hydroxyl groups excluding tert-OH is 1. The van der Waals surface area contributed by atoms with E-state index in [1.54, 1.807) is 6.92 Å². The van der Waals surface area contributed by atoms with Gasteiger partial charge in [0.25, 0.3) is 5.91 Å². The molecule has 0 unspecified atom stereocenters. The second-order valence-corrected chi connectivity index (χ2v) is 3.94. The van der Waals surface area contributed by atoms with Crippen LogP contribution in [0.5, 0.6) is 0 Å². The number of carbonyl (C=O) groups excluding carboxylic acids is 1. The molecule has 1 amide bonds. The molecule has 2 N–H and O–H groups in total. The van der Waals surface area contributed by atoms with Gasteiger partial charge >= 0.3 is 0 Å². The van der Waals surface area contributed by atoms with E-state index in [-0.39, 0.29) is 19.1 Å². The fourth-order valence-corrected chi connectivity index (χ4v) is 1.89. The Morgan fingerprint density at radius 1 is 1.77 bits per heavy atom. The summed E-state index contributed by atoms with van der Waals surface area (Å²) < 4.78 is 0.353. The Balaban J connectivity index is 2.70. The molecule has 72 valence electrons. The number of thiazole rings is 1. The van der Waals surface area contributed by atoms with Gasteiger partial charge < -0.3 is 10.4 Å². The topological polar surface area (TPSA) is 62.2 Å². The van der Waals surface area contributed by atoms with Crippen molar-refractivity contribution in [1.29, 1.82) is 0 Å². The number of hydrogen-bond donors (Lipinski definition) is 2. The summed E-state index contributed by atoms with van der Waals surface area (Å²) in [6, 6.07) is 0. The quantitative estimate of drug-likeness (QED) is 0.793. The van der Waals surface area contributed by atoms with Crippen LogP contribution >= 0.6 is 22.9 Å². The maximum absolute atomic E-state index is 11.3. The summed E-state index contributed by atoms with van der Waals surface area (Å²) in [7, 11) is 0. The first-order valence-electron chi connectivity index (χ1n) is 3.67. The Kier molecular flexibility index (Phi) is 3.65. The second kappa shape index (κ2) is 4.55. The molecular weight excluding hydrogens is 212 g/mol. The third-order valence-electron chi connectivity index (χ3n) is 1.37. The fraction of sp³-hybridized carbons (Fsp3) is 0.429. The summed E-state index contributed by atoms with van der Waals surface area (Å²) in [5.41, 5.74) is 0.616. The van der Waals surface area contributed by atoms with Crippen LogP contribution in [-0.4, -0.2) is 29.1 Å². The highest BCUT2D eigenvalue weighted by Gasteiger charge is 2.13. The summed E-state index contributed by atoms with van der Waals surface area (Å²) in [6.45, 7) is 1.89. The van der Waals surface area contributed by atoms with Gasteiger partial charge in [0, 0.05) is 6.54 Å². The molecule has 0 aliphatic carbocycles. The van der Waals surface area contributed by atoms with Gasteiger partial charge in [0.15, 0.2) is 4.47 Å². The molecule has 0 aromatic carbocycles. The number of aryl methyl sites for hydroxylation is 1. The van der Waals surface area contributed by atoms with E-state index < -0.39 is 0 Å². The van der Waals surface area contributed by atoms with E-state index >= 15 is 0 Å². The van der Waals surface area contributed by atoms with Crippen molar-refractivity contribution in [3.05, 3.63) is 15.0 Å². The predicted molar refractivity (Wildman–Crippen MR) is 51.3 cm³/mol. The normalized spacial score (nSPS) is 10.1. The number of carbonyl (C=O) groups is 1. The predicted octanol–water partition coefficient (Wildman–Crippen LogP) is 0.827. The van der Waals surface area contributed by atoms with Crippen molar-refractivity contribution < 1.29 is 9.90 Å². The van der Waals surface area contributed by atoms with E-state index in [9.17, 15) is 4.79 Å². The maximum Gasteiger partial charge on any atom is 0.263 e. The molecule has 4 nitrogen and oxygen atoms in total. The summed E-state index contributed by atoms with van der Waals surface area (Å²) in [5, 5.41) is 11.0. The van der Waals surface area contributed by atoms with Crippen molar-refractivity contribution >= 4 is 28.8 Å². The smallest absolute Gasteiger partial charge is 0.263 e. The Labute approximate surface area is 84.6 Å². The molecule has 0 aliphatic heterocycles. The van der Waals surface area contributed by atoms with Gasteiger partial charge in [-0.25, -0.2) is 4.98 Å². The van der Waals surface area contributed by atoms with Crippen LogP contribution in [0.15, 0.2) is 0 Å². The summed E-state index contributed by atoms with van der Waals surface area (Å²) in [5.74, 6) is -0.240. The number of aromatic nitrogens is 1. The van der Waals surface area contributed by atoms with Crippen molar-refractivity contribution in [2.75, 3.05) is 13.2 Å². The van der Waals surface area contributed by atoms with Crippen LogP contribution < -0.4 is 5.32 Å². The third kappa shape index (κ3) is 2.65. The van der Waals surface area contributed by atoms with E-state index in [0.717, 1.165) is 11.3 Å². The molecule has 6 heteroatoms. The Morgan fingerprint density at radius 2 is 2.46 bits per heavy atom. The average Bonchev–Trinajstić information content (AvgIpc) is 2.41. The van der Waals surface area contributed by atoms with E-state index in [2.05, 4.69) is 10.3 Å². The zero-order valence-corrected chi connectivity index (χ0v) is 8.58. The van der Waals surface area contributed by atoms with Crippen LogP contribution in [0, 0.1) is 6.92 Å². The lowest BCUT2D eigenvalue weighted by Crippen LogP contribution is -2.26. The highest BCUT2D eigenvalue weighted by molar-refractivity contribution is 7.17. The lowest BCUT2D eigenvalue weighted by molar-refractivity contribution is 0.0948. The first-order valence-corrected chi connectivity index (χ1v) is 4.86. The molecule has 0 atom stereocenters. The lowest BCUT2D eigenvalue weighted by atomic mass is 10.4. The Hall–Kier alpha value is -0.650. The molecule has 0 aliphatic rings. The summed E-state index contributed by atoms with van der Waals surface area (Å²) in [4.78, 5) is 15.7. The van der Waals surface area contributed by atoms with Gasteiger partial charge in [-0.15, -0.1) is 0 Å². The minimum atomic E-state index is -0.240. The standard InChI is InChI=1S/C7H9ClN2O2S/c1-4-5(13-7(8)10-4)6(12)9-2-3-11/h11H,2-3H2,1H3,(H,9,12). The zero-order valence-electron chi connectivity index (χ0n) is 7.00. The van der Waals surface area contributed by atoms with Gasteiger partial charge in [0.1, 0.15) is 4.88 Å². The molecule has 0 spiro atoms. The molecule has 0 saturated heterocycles. The van der Waals surface area contributed by atoms with Crippen LogP contribution in [0.4, 0.5) is 0 Å². The van der Waals surface area contributed by atoms with Gasteiger partial charge in [-0.3, -0.25) is 4.79 Å². The molecule has 1 heterocycles. The molecule has 13 heavy (non-hydrogen) atoms. The van der Waals surface area contributed by atoms with Crippen molar-refractivity contribution in [2.24, 2.45) is 0 Å². The van der Waals surface area contributed by atoms with Crippen molar-refractivity contribution in [2.45, 2.75) is 6.92 Å². The number of nitrogens with zero attached hydrogens (tertiary/aromatic N) is 1. The minimum Gasteiger partial charge on any atom is -0.395 e. The SMILES string of the molecule is Cc1nc(Cl)sc1C(=O)NCCO. The van der Waals surface area contributed by atoms with Gasteiger partial charge in [-0.05, 0) is 6.92 Å². The van der Waals surface area contributed by atoms with Crippen LogP contribution in [-0.2, 0) is 0 Å². The first kappa shape index (κ1) is 10.4. The summed E-state index contributed by atoms with van der Waals surface area (Å²) in [6.07, 6.45) is 0. The molecular formula is C7H9ClN2O2S. The van der Waals surface area contributed by atoms with Gasteiger partial charge in [0.05, 0.1) is 12.3 Å². The van der Waals surface area contributed by atoms with Crippen LogP contribution in [0.25, 0.3) is 0 Å². The van der Waals surface area contributed by atoms with E-state index in [4.69, 9.17) is 16.7 Å². The maximum atomic E-state index is 11.3. The highest BCUT2D eigenvalue weighted by atomic mass is 35.5. The second-order valence-electron chi connectivity index (χ2n) is 2.36. The third-order valence-corrected chi connectivity index (χ3v) is 2.63. The number of rotatable bonds is 3. The molecule has 0 bridgehead atoms. The van der Waals surface area contributed by atoms with Crippen molar-refractivity contribution in [1.82, 2.24) is 10.3 Å². The van der Waals surface area contributed by atoms with Crippen LogP contribution in [0.2, 0.25) is 4.47 Å². The monoisotopic (exact) mass is 220 g/mol. The fourth-order valence-electron chi connectivity index (χ4n) is 0.824. The first-order chi connectivity index (χ1) is 6.15. The van der Waals surface area contributed by atoms with Crippen molar-refractivity contribution in [3.63, 3.8) is 0 Å². The van der Waals surface area contributed by atoms with Gasteiger partial charge in [0.2, 0.25) is 0 Å². The number of amides is 1. The Morgan fingerprint density at radius 3 is 2.92 bits per heavy atom.